The molecule has 0 aliphatic heterocycles. The van der Waals surface area contributed by atoms with E-state index in [1.54, 1.807) is 0 Å². The van der Waals surface area contributed by atoms with Crippen LogP contribution in [0.2, 0.25) is 0 Å². The van der Waals surface area contributed by atoms with E-state index < -0.39 is 0 Å². The van der Waals surface area contributed by atoms with Gasteiger partial charge in [0.05, 0.1) is 0 Å². The van der Waals surface area contributed by atoms with Gasteiger partial charge in [-0.15, -0.1) is 11.6 Å². The summed E-state index contributed by atoms with van der Waals surface area (Å²) in [5, 5.41) is 0.499. The monoisotopic (exact) mass is 186 g/mol. The maximum Gasteiger partial charge on any atom is 0.0339 e. The van der Waals surface area contributed by atoms with Gasteiger partial charge in [-0.25, -0.2) is 0 Å². The van der Waals surface area contributed by atoms with E-state index in [1.807, 2.05) is 0 Å². The summed E-state index contributed by atoms with van der Waals surface area (Å²) in [6, 6.07) is 0. The molecule has 2 fully saturated rings. The lowest BCUT2D eigenvalue weighted by atomic mass is 9.75. The van der Waals surface area contributed by atoms with Crippen molar-refractivity contribution in [1.29, 1.82) is 0 Å². The minimum absolute atomic E-state index is 0.499. The van der Waals surface area contributed by atoms with Crippen molar-refractivity contribution in [1.82, 2.24) is 0 Å². The Morgan fingerprint density at radius 2 is 1.92 bits per heavy atom. The van der Waals surface area contributed by atoms with Crippen LogP contribution in [0.15, 0.2) is 0 Å². The summed E-state index contributed by atoms with van der Waals surface area (Å²) in [7, 11) is 0. The summed E-state index contributed by atoms with van der Waals surface area (Å²) >= 11 is 6.21. The van der Waals surface area contributed by atoms with E-state index in [0.29, 0.717) is 5.38 Å². The molecule has 3 atom stereocenters. The molecule has 2 aliphatic carbocycles. The predicted molar refractivity (Wildman–Crippen MR) is 53.5 cm³/mol. The summed E-state index contributed by atoms with van der Waals surface area (Å²) in [5.41, 5.74) is 0. The van der Waals surface area contributed by atoms with Crippen LogP contribution in [0, 0.1) is 17.8 Å². The zero-order valence-electron chi connectivity index (χ0n) is 7.93. The van der Waals surface area contributed by atoms with Crippen molar-refractivity contribution in [3.63, 3.8) is 0 Å². The van der Waals surface area contributed by atoms with Gasteiger partial charge in [0, 0.05) is 5.38 Å². The first-order valence-electron chi connectivity index (χ1n) is 5.45. The van der Waals surface area contributed by atoms with E-state index >= 15 is 0 Å². The Hall–Kier alpha value is 0.290. The van der Waals surface area contributed by atoms with Gasteiger partial charge < -0.3 is 0 Å². The summed E-state index contributed by atoms with van der Waals surface area (Å²) < 4.78 is 0. The lowest BCUT2D eigenvalue weighted by Gasteiger charge is -2.33. The van der Waals surface area contributed by atoms with E-state index in [1.165, 1.54) is 38.5 Å². The van der Waals surface area contributed by atoms with Gasteiger partial charge in [-0.3, -0.25) is 0 Å². The third-order valence-electron chi connectivity index (χ3n) is 3.74. The largest absolute Gasteiger partial charge is 0.123 e. The van der Waals surface area contributed by atoms with Gasteiger partial charge in [0.15, 0.2) is 0 Å². The molecule has 2 rings (SSSR count). The summed E-state index contributed by atoms with van der Waals surface area (Å²) in [6.07, 6.45) is 8.33. The van der Waals surface area contributed by atoms with E-state index in [2.05, 4.69) is 6.92 Å². The van der Waals surface area contributed by atoms with Gasteiger partial charge in [0.25, 0.3) is 0 Å². The van der Waals surface area contributed by atoms with Crippen LogP contribution in [0.4, 0.5) is 0 Å². The van der Waals surface area contributed by atoms with Crippen molar-refractivity contribution in [3.05, 3.63) is 0 Å². The Labute approximate surface area is 80.7 Å². The SMILES string of the molecule is CCC1CCC(Cl)CC1C1CC1. The predicted octanol–water partition coefficient (Wildman–Crippen LogP) is 3.83. The minimum Gasteiger partial charge on any atom is -0.123 e. The molecular weight excluding hydrogens is 168 g/mol. The molecule has 3 unspecified atom stereocenters. The second-order valence-corrected chi connectivity index (χ2v) is 5.20. The van der Waals surface area contributed by atoms with E-state index in [0.717, 1.165) is 17.8 Å². The maximum atomic E-state index is 6.21. The molecule has 1 heteroatoms. The zero-order valence-corrected chi connectivity index (χ0v) is 8.69. The fourth-order valence-electron chi connectivity index (χ4n) is 2.82. The van der Waals surface area contributed by atoms with E-state index in [9.17, 15) is 0 Å². The molecule has 0 N–H and O–H groups in total. The number of halogens is 1. The fraction of sp³-hybridized carbons (Fsp3) is 1.00. The Morgan fingerprint density at radius 1 is 1.17 bits per heavy atom. The van der Waals surface area contributed by atoms with Gasteiger partial charge >= 0.3 is 0 Å². The van der Waals surface area contributed by atoms with Crippen molar-refractivity contribution >= 4 is 11.6 Å². The van der Waals surface area contributed by atoms with Crippen LogP contribution in [0.5, 0.6) is 0 Å². The van der Waals surface area contributed by atoms with Gasteiger partial charge in [-0.1, -0.05) is 13.3 Å². The highest BCUT2D eigenvalue weighted by Crippen LogP contribution is 2.48. The van der Waals surface area contributed by atoms with Crippen molar-refractivity contribution in [2.75, 3.05) is 0 Å². The molecule has 0 radical (unpaired) electrons. The molecule has 12 heavy (non-hydrogen) atoms. The Kier molecular flexibility index (Phi) is 2.64. The Balaban J connectivity index is 1.94. The average Bonchev–Trinajstić information content (AvgIpc) is 2.87. The third-order valence-corrected chi connectivity index (χ3v) is 4.13. The van der Waals surface area contributed by atoms with Gasteiger partial charge in [-0.05, 0) is 49.9 Å². The summed E-state index contributed by atoms with van der Waals surface area (Å²) in [4.78, 5) is 0. The number of hydrogen-bond donors (Lipinski definition) is 0. The standard InChI is InChI=1S/C11H19Cl/c1-2-8-5-6-10(12)7-11(8)9-3-4-9/h8-11H,2-7H2,1H3. The molecule has 0 spiro atoms. The van der Waals surface area contributed by atoms with Crippen LogP contribution < -0.4 is 0 Å². The molecule has 0 bridgehead atoms. The van der Waals surface area contributed by atoms with E-state index in [-0.39, 0.29) is 0 Å². The number of rotatable bonds is 2. The highest BCUT2D eigenvalue weighted by molar-refractivity contribution is 6.20. The van der Waals surface area contributed by atoms with E-state index in [4.69, 9.17) is 11.6 Å². The first-order valence-corrected chi connectivity index (χ1v) is 5.89. The molecule has 2 saturated carbocycles. The molecule has 0 aromatic carbocycles. The van der Waals surface area contributed by atoms with Crippen molar-refractivity contribution < 1.29 is 0 Å². The molecule has 2 aliphatic rings. The first-order chi connectivity index (χ1) is 5.81. The van der Waals surface area contributed by atoms with Crippen molar-refractivity contribution in [2.45, 2.75) is 50.8 Å². The smallest absolute Gasteiger partial charge is 0.0339 e. The first kappa shape index (κ1) is 8.87. The van der Waals surface area contributed by atoms with Crippen LogP contribution >= 0.6 is 11.6 Å². The highest BCUT2D eigenvalue weighted by atomic mass is 35.5. The lowest BCUT2D eigenvalue weighted by molar-refractivity contribution is 0.207. The Morgan fingerprint density at radius 3 is 2.50 bits per heavy atom. The quantitative estimate of drug-likeness (QED) is 0.575. The van der Waals surface area contributed by atoms with Gasteiger partial charge in [-0.2, -0.15) is 0 Å². The maximum absolute atomic E-state index is 6.21. The normalized spacial score (nSPS) is 43.0. The number of alkyl halides is 1. The second-order valence-electron chi connectivity index (χ2n) is 4.58. The van der Waals surface area contributed by atoms with Crippen LogP contribution in [-0.4, -0.2) is 5.38 Å². The third kappa shape index (κ3) is 1.79. The lowest BCUT2D eigenvalue weighted by Crippen LogP contribution is -2.26. The molecule has 0 nitrogen and oxygen atoms in total. The second kappa shape index (κ2) is 3.57. The molecular formula is C11H19Cl. The zero-order chi connectivity index (χ0) is 8.55. The van der Waals surface area contributed by atoms with Crippen LogP contribution in [0.25, 0.3) is 0 Å². The topological polar surface area (TPSA) is 0 Å². The van der Waals surface area contributed by atoms with Gasteiger partial charge in [0.1, 0.15) is 0 Å². The molecule has 0 amide bonds. The molecule has 0 aromatic rings. The van der Waals surface area contributed by atoms with Crippen LogP contribution in [-0.2, 0) is 0 Å². The molecule has 0 saturated heterocycles. The highest BCUT2D eigenvalue weighted by Gasteiger charge is 2.38. The van der Waals surface area contributed by atoms with Crippen LogP contribution in [0.3, 0.4) is 0 Å². The summed E-state index contributed by atoms with van der Waals surface area (Å²) in [5.74, 6) is 3.07. The van der Waals surface area contributed by atoms with Crippen molar-refractivity contribution in [3.8, 4) is 0 Å². The van der Waals surface area contributed by atoms with Crippen molar-refractivity contribution in [2.24, 2.45) is 17.8 Å². The molecule has 70 valence electrons. The fourth-order valence-corrected chi connectivity index (χ4v) is 3.15. The Bertz CT molecular complexity index is 151. The average molecular weight is 187 g/mol. The number of hydrogen-bond acceptors (Lipinski definition) is 0. The molecule has 0 aromatic heterocycles. The minimum atomic E-state index is 0.499. The summed E-state index contributed by atoms with van der Waals surface area (Å²) in [6.45, 7) is 2.34. The van der Waals surface area contributed by atoms with Gasteiger partial charge in [0.2, 0.25) is 0 Å². The molecule has 0 heterocycles. The van der Waals surface area contributed by atoms with Crippen LogP contribution in [0.1, 0.15) is 45.4 Å².